The Kier molecular flexibility index (Phi) is 7.26. The van der Waals surface area contributed by atoms with Crippen LogP contribution in [0.2, 0.25) is 0 Å². The normalized spacial score (nSPS) is 23.2. The highest BCUT2D eigenvalue weighted by atomic mass is 32.2. The van der Waals surface area contributed by atoms with E-state index in [2.05, 4.69) is 5.32 Å². The highest BCUT2D eigenvalue weighted by molar-refractivity contribution is 7.92. The summed E-state index contributed by atoms with van der Waals surface area (Å²) in [5.41, 5.74) is 5.63. The van der Waals surface area contributed by atoms with E-state index in [1.54, 1.807) is 37.3 Å². The van der Waals surface area contributed by atoms with Crippen molar-refractivity contribution in [2.24, 2.45) is 5.73 Å². The maximum atomic E-state index is 14.9. The molecule has 0 spiro atoms. The Morgan fingerprint density at radius 2 is 1.94 bits per heavy atom. The summed E-state index contributed by atoms with van der Waals surface area (Å²) in [7, 11) is -3.71. The molecule has 3 rings (SSSR count). The van der Waals surface area contributed by atoms with E-state index in [9.17, 15) is 22.0 Å². The number of nitrogens with two attached hydrogens (primary N) is 1. The van der Waals surface area contributed by atoms with Gasteiger partial charge in [0, 0.05) is 24.6 Å². The zero-order valence-corrected chi connectivity index (χ0v) is 18.4. The molecule has 9 heteroatoms. The fourth-order valence-corrected chi connectivity index (χ4v) is 6.57. The third-order valence-electron chi connectivity index (χ3n) is 6.02. The van der Waals surface area contributed by atoms with Gasteiger partial charge in [0.25, 0.3) is 0 Å². The summed E-state index contributed by atoms with van der Waals surface area (Å²) in [6, 6.07) is 12.0. The van der Waals surface area contributed by atoms with E-state index in [-0.39, 0.29) is 36.9 Å². The monoisotopic (exact) mass is 461 g/mol. The first kappa shape index (κ1) is 23.8. The molecule has 0 radical (unpaired) electrons. The van der Waals surface area contributed by atoms with Crippen molar-refractivity contribution in [1.82, 2.24) is 5.32 Å². The van der Waals surface area contributed by atoms with Gasteiger partial charge >= 0.3 is 0 Å². The zero-order chi connectivity index (χ0) is 23.5. The molecule has 6 nitrogen and oxygen atoms in total. The fraction of sp³-hybridized carbons (Fsp3) is 0.391. The molecule has 1 saturated heterocycles. The molecule has 0 aliphatic carbocycles. The van der Waals surface area contributed by atoms with E-state index in [1.807, 2.05) is 6.07 Å². The average Bonchev–Trinajstić information content (AvgIpc) is 2.74. The number of halogens is 2. The first-order valence-electron chi connectivity index (χ1n) is 10.3. The van der Waals surface area contributed by atoms with Crippen LogP contribution in [0.5, 0.6) is 0 Å². The number of hydrogen-bond acceptors (Lipinski definition) is 5. The van der Waals surface area contributed by atoms with Gasteiger partial charge in [0.2, 0.25) is 5.91 Å². The maximum absolute atomic E-state index is 14.9. The highest BCUT2D eigenvalue weighted by Crippen LogP contribution is 2.34. The Balaban J connectivity index is 1.92. The van der Waals surface area contributed by atoms with Crippen molar-refractivity contribution in [2.45, 2.75) is 48.6 Å². The van der Waals surface area contributed by atoms with Gasteiger partial charge in [-0.3, -0.25) is 4.79 Å². The van der Waals surface area contributed by atoms with Gasteiger partial charge in [-0.25, -0.2) is 17.2 Å². The predicted molar refractivity (Wildman–Crippen MR) is 116 cm³/mol. The van der Waals surface area contributed by atoms with Crippen molar-refractivity contribution in [3.8, 4) is 6.07 Å². The van der Waals surface area contributed by atoms with Crippen LogP contribution in [0.25, 0.3) is 0 Å². The number of nitrogens with one attached hydrogen (secondary N) is 1. The smallest absolute Gasteiger partial charge is 0.225 e. The molecule has 1 aliphatic heterocycles. The number of nitrogens with zero attached hydrogens (tertiary/aromatic N) is 1. The van der Waals surface area contributed by atoms with E-state index in [1.165, 1.54) is 0 Å². The predicted octanol–water partition coefficient (Wildman–Crippen LogP) is 2.90. The van der Waals surface area contributed by atoms with Crippen molar-refractivity contribution < 1.29 is 22.0 Å². The summed E-state index contributed by atoms with van der Waals surface area (Å²) < 4.78 is 56.5. The standard InChI is InChI=1S/C23H25F2N3O3S/c1-14-21(32(30,31)22(13-28-14)15-6-3-2-4-7-15)11-16-10-20(25)18(12-19(16)24)17(23(27)29)8-5-9-26/h2-4,6-7,10,12,14,17,21-22,28H,5,8,11,13H2,1H3,(H2,27,29)/t14-,17-,21?,22-/m0/s1. The number of nitriles is 1. The molecule has 4 atom stereocenters. The molecule has 3 N–H and O–H groups in total. The lowest BCUT2D eigenvalue weighted by Gasteiger charge is -2.35. The Bertz CT molecular complexity index is 1130. The van der Waals surface area contributed by atoms with Crippen molar-refractivity contribution in [2.75, 3.05) is 6.54 Å². The number of carbonyl (C=O) groups is 1. The molecule has 1 heterocycles. The van der Waals surface area contributed by atoms with Crippen LogP contribution in [-0.4, -0.2) is 32.2 Å². The lowest BCUT2D eigenvalue weighted by molar-refractivity contribution is -0.119. The molecule has 0 saturated carbocycles. The van der Waals surface area contributed by atoms with Gasteiger partial charge in [-0.2, -0.15) is 5.26 Å². The number of benzene rings is 2. The highest BCUT2D eigenvalue weighted by Gasteiger charge is 2.42. The van der Waals surface area contributed by atoms with E-state index >= 15 is 0 Å². The summed E-state index contributed by atoms with van der Waals surface area (Å²) in [5.74, 6) is -3.66. The topological polar surface area (TPSA) is 113 Å². The lowest BCUT2D eigenvalue weighted by Crippen LogP contribution is -2.53. The van der Waals surface area contributed by atoms with Crippen LogP contribution in [0.15, 0.2) is 42.5 Å². The average molecular weight is 462 g/mol. The largest absolute Gasteiger partial charge is 0.369 e. The second kappa shape index (κ2) is 9.76. The van der Waals surface area contributed by atoms with Crippen molar-refractivity contribution in [1.29, 1.82) is 5.26 Å². The maximum Gasteiger partial charge on any atom is 0.225 e. The SMILES string of the molecule is C[C@@H]1NC[C@@H](c2ccccc2)S(=O)(=O)C1Cc1cc(F)c([C@H](CCC#N)C(N)=O)cc1F. The second-order valence-electron chi connectivity index (χ2n) is 8.04. The molecule has 0 bridgehead atoms. The van der Waals surface area contributed by atoms with Crippen LogP contribution in [0, 0.1) is 23.0 Å². The van der Waals surface area contributed by atoms with Crippen LogP contribution < -0.4 is 11.1 Å². The zero-order valence-electron chi connectivity index (χ0n) is 17.6. The first-order chi connectivity index (χ1) is 15.2. The van der Waals surface area contributed by atoms with Crippen molar-refractivity contribution >= 4 is 15.7 Å². The van der Waals surface area contributed by atoms with E-state index in [4.69, 9.17) is 11.0 Å². The van der Waals surface area contributed by atoms with Crippen LogP contribution >= 0.6 is 0 Å². The number of amides is 1. The third kappa shape index (κ3) is 4.81. The van der Waals surface area contributed by atoms with Gasteiger partial charge in [0.1, 0.15) is 11.6 Å². The number of rotatable bonds is 7. The number of carbonyl (C=O) groups excluding carboxylic acids is 1. The Morgan fingerprint density at radius 3 is 2.56 bits per heavy atom. The molecule has 2 aromatic rings. The summed E-state index contributed by atoms with van der Waals surface area (Å²) in [6.45, 7) is 1.94. The van der Waals surface area contributed by atoms with Gasteiger partial charge in [-0.15, -0.1) is 0 Å². The molecule has 32 heavy (non-hydrogen) atoms. The van der Waals surface area contributed by atoms with Gasteiger partial charge in [-0.1, -0.05) is 30.3 Å². The van der Waals surface area contributed by atoms with Crippen LogP contribution in [-0.2, 0) is 21.1 Å². The van der Waals surface area contributed by atoms with Gasteiger partial charge in [0.05, 0.1) is 22.5 Å². The van der Waals surface area contributed by atoms with Crippen LogP contribution in [0.4, 0.5) is 8.78 Å². The Labute approximate surface area is 186 Å². The third-order valence-corrected chi connectivity index (χ3v) is 8.67. The number of hydrogen-bond donors (Lipinski definition) is 2. The molecule has 0 aromatic heterocycles. The molecule has 2 aromatic carbocycles. The van der Waals surface area contributed by atoms with Gasteiger partial charge < -0.3 is 11.1 Å². The van der Waals surface area contributed by atoms with Gasteiger partial charge in [-0.05, 0) is 43.0 Å². The summed E-state index contributed by atoms with van der Waals surface area (Å²) in [6.07, 6.45) is -0.290. The first-order valence-corrected chi connectivity index (χ1v) is 11.9. The number of primary amides is 1. The fourth-order valence-electron chi connectivity index (χ4n) is 4.21. The minimum atomic E-state index is -3.71. The minimum Gasteiger partial charge on any atom is -0.369 e. The van der Waals surface area contributed by atoms with E-state index < -0.39 is 49.8 Å². The van der Waals surface area contributed by atoms with Crippen molar-refractivity contribution in [3.63, 3.8) is 0 Å². The molecule has 1 amide bonds. The summed E-state index contributed by atoms with van der Waals surface area (Å²) >= 11 is 0. The minimum absolute atomic E-state index is 0.0295. The number of sulfone groups is 1. The lowest BCUT2D eigenvalue weighted by atomic mass is 9.91. The van der Waals surface area contributed by atoms with Gasteiger partial charge in [0.15, 0.2) is 9.84 Å². The van der Waals surface area contributed by atoms with Crippen molar-refractivity contribution in [3.05, 3.63) is 70.8 Å². The molecule has 1 unspecified atom stereocenters. The summed E-state index contributed by atoms with van der Waals surface area (Å²) in [4.78, 5) is 11.7. The second-order valence-corrected chi connectivity index (χ2v) is 10.4. The molecular weight excluding hydrogens is 436 g/mol. The molecular formula is C23H25F2N3O3S. The quantitative estimate of drug-likeness (QED) is 0.658. The van der Waals surface area contributed by atoms with Crippen LogP contribution in [0.1, 0.15) is 47.6 Å². The molecule has 1 aliphatic rings. The molecule has 170 valence electrons. The molecule has 1 fully saturated rings. The van der Waals surface area contributed by atoms with E-state index in [0.717, 1.165) is 12.1 Å². The summed E-state index contributed by atoms with van der Waals surface area (Å²) in [5, 5.41) is 10.2. The van der Waals surface area contributed by atoms with Crippen LogP contribution in [0.3, 0.4) is 0 Å². The Hall–Kier alpha value is -2.83. The van der Waals surface area contributed by atoms with E-state index in [0.29, 0.717) is 5.56 Å². The Morgan fingerprint density at radius 1 is 1.25 bits per heavy atom.